The Morgan fingerprint density at radius 1 is 1.18 bits per heavy atom. The smallest absolute Gasteiger partial charge is 0.458 e. The van der Waals surface area contributed by atoms with Crippen molar-refractivity contribution in [1.82, 2.24) is 14.9 Å². The summed E-state index contributed by atoms with van der Waals surface area (Å²) in [7, 11) is 0. The molecule has 0 saturated carbocycles. The van der Waals surface area contributed by atoms with E-state index in [4.69, 9.17) is 19.2 Å². The van der Waals surface area contributed by atoms with E-state index in [1.54, 1.807) is 30.4 Å². The predicted octanol–water partition coefficient (Wildman–Crippen LogP) is 2.93. The number of nitrogens with one attached hydrogen (secondary N) is 1. The van der Waals surface area contributed by atoms with Gasteiger partial charge in [0, 0.05) is 28.3 Å². The van der Waals surface area contributed by atoms with Gasteiger partial charge in [-0.1, -0.05) is 13.5 Å². The van der Waals surface area contributed by atoms with Crippen LogP contribution in [0.5, 0.6) is 11.5 Å². The van der Waals surface area contributed by atoms with Gasteiger partial charge in [0.05, 0.1) is 29.0 Å². The molecule has 208 valence electrons. The Balaban J connectivity index is 1.49. The average molecular weight is 557 g/mol. The number of cyclic esters (lactones) is 1. The normalized spacial score (nSPS) is 18.7. The third kappa shape index (κ3) is 3.83. The minimum Gasteiger partial charge on any atom is -0.458 e. The summed E-state index contributed by atoms with van der Waals surface area (Å²) in [5, 5.41) is 13.5. The summed E-state index contributed by atoms with van der Waals surface area (Å²) in [5.74, 6) is -2.04. The van der Waals surface area contributed by atoms with Crippen molar-refractivity contribution in [3.63, 3.8) is 0 Å². The molecule has 2 N–H and O–H groups in total. The van der Waals surface area contributed by atoms with Crippen molar-refractivity contribution in [2.45, 2.75) is 51.1 Å². The molecular formula is C27H22F3N3O7. The lowest BCUT2D eigenvalue weighted by Crippen LogP contribution is -2.44. The molecule has 1 atom stereocenters. The van der Waals surface area contributed by atoms with Crippen molar-refractivity contribution in [2.75, 3.05) is 6.79 Å². The van der Waals surface area contributed by atoms with Crippen molar-refractivity contribution in [2.24, 2.45) is 0 Å². The summed E-state index contributed by atoms with van der Waals surface area (Å²) >= 11 is 0. The molecule has 0 saturated heterocycles. The highest BCUT2D eigenvalue weighted by Gasteiger charge is 2.45. The van der Waals surface area contributed by atoms with Crippen molar-refractivity contribution in [3.8, 4) is 22.9 Å². The molecule has 1 amide bonds. The Kier molecular flexibility index (Phi) is 5.70. The summed E-state index contributed by atoms with van der Waals surface area (Å²) in [5.41, 5.74) is 0.326. The summed E-state index contributed by atoms with van der Waals surface area (Å²) in [6, 6.07) is 4.96. The summed E-state index contributed by atoms with van der Waals surface area (Å²) < 4.78 is 55.8. The van der Waals surface area contributed by atoms with Gasteiger partial charge in [0.1, 0.15) is 6.61 Å². The fourth-order valence-electron chi connectivity index (χ4n) is 5.41. The van der Waals surface area contributed by atoms with E-state index in [2.05, 4.69) is 6.58 Å². The Labute approximate surface area is 224 Å². The third-order valence-electron chi connectivity index (χ3n) is 7.52. The van der Waals surface area contributed by atoms with E-state index in [9.17, 15) is 32.7 Å². The van der Waals surface area contributed by atoms with E-state index >= 15 is 0 Å². The molecule has 0 radical (unpaired) electrons. The monoisotopic (exact) mass is 557 g/mol. The van der Waals surface area contributed by atoms with Gasteiger partial charge in [0.2, 0.25) is 6.79 Å². The summed E-state index contributed by atoms with van der Waals surface area (Å²) in [4.78, 5) is 42.2. The van der Waals surface area contributed by atoms with E-state index in [0.29, 0.717) is 44.9 Å². The Morgan fingerprint density at radius 2 is 1.90 bits per heavy atom. The van der Waals surface area contributed by atoms with Crippen LogP contribution < -0.4 is 20.3 Å². The number of hydrogen-bond donors (Lipinski definition) is 2. The first-order chi connectivity index (χ1) is 18.9. The molecule has 1 aromatic carbocycles. The van der Waals surface area contributed by atoms with Crippen LogP contribution in [-0.2, 0) is 39.5 Å². The minimum atomic E-state index is -5.06. The van der Waals surface area contributed by atoms with Gasteiger partial charge in [-0.05, 0) is 37.0 Å². The second kappa shape index (κ2) is 8.81. The van der Waals surface area contributed by atoms with E-state index in [-0.39, 0.29) is 56.0 Å². The maximum atomic E-state index is 13.6. The molecule has 10 nitrogen and oxygen atoms in total. The number of halogens is 3. The van der Waals surface area contributed by atoms with Crippen LogP contribution in [0.25, 0.3) is 22.3 Å². The number of amides is 1. The second-order valence-electron chi connectivity index (χ2n) is 9.80. The maximum Gasteiger partial charge on any atom is 0.471 e. The number of alkyl halides is 3. The first-order valence-electron chi connectivity index (χ1n) is 12.4. The zero-order valence-electron chi connectivity index (χ0n) is 21.1. The van der Waals surface area contributed by atoms with Crippen LogP contribution in [0.2, 0.25) is 0 Å². The van der Waals surface area contributed by atoms with Crippen molar-refractivity contribution in [1.29, 1.82) is 0 Å². The molecule has 0 fully saturated rings. The lowest BCUT2D eigenvalue weighted by atomic mass is 9.86. The van der Waals surface area contributed by atoms with Crippen LogP contribution in [0.4, 0.5) is 13.2 Å². The van der Waals surface area contributed by atoms with Crippen LogP contribution >= 0.6 is 0 Å². The number of pyridine rings is 2. The molecule has 0 unspecified atom stereocenters. The molecule has 0 spiro atoms. The molecule has 3 aliphatic heterocycles. The van der Waals surface area contributed by atoms with Gasteiger partial charge in [-0.2, -0.15) is 13.2 Å². The largest absolute Gasteiger partial charge is 0.471 e. The van der Waals surface area contributed by atoms with E-state index in [1.165, 1.54) is 4.57 Å². The molecule has 6 rings (SSSR count). The van der Waals surface area contributed by atoms with Gasteiger partial charge in [-0.15, -0.1) is 0 Å². The number of aliphatic hydroxyl groups is 1. The number of hydrogen-bond acceptors (Lipinski definition) is 8. The molecule has 2 aromatic heterocycles. The van der Waals surface area contributed by atoms with E-state index < -0.39 is 29.2 Å². The Morgan fingerprint density at radius 3 is 2.60 bits per heavy atom. The number of aryl methyl sites for hydroxylation is 1. The number of aromatic nitrogens is 2. The minimum absolute atomic E-state index is 0.0110. The number of allylic oxidation sites excluding steroid dienone is 1. The average Bonchev–Trinajstić information content (AvgIpc) is 3.51. The van der Waals surface area contributed by atoms with Gasteiger partial charge >= 0.3 is 18.1 Å². The Hall–Kier alpha value is -4.39. The SMILES string of the molecule is C=C(CCc1c2c(nc3cc4c(cc13)OCO4)-c1cc3c(c(=O)n1C2)COC(=O)[C@]3(O)CC)NC(=O)C(F)(F)F. The molecule has 40 heavy (non-hydrogen) atoms. The third-order valence-corrected chi connectivity index (χ3v) is 7.52. The summed E-state index contributed by atoms with van der Waals surface area (Å²) in [6.07, 6.45) is -4.94. The van der Waals surface area contributed by atoms with Crippen LogP contribution in [-0.4, -0.2) is 39.5 Å². The van der Waals surface area contributed by atoms with E-state index in [0.717, 1.165) is 0 Å². The van der Waals surface area contributed by atoms with E-state index in [1.807, 2.05) is 0 Å². The highest BCUT2D eigenvalue weighted by molar-refractivity contribution is 5.91. The van der Waals surface area contributed by atoms with Crippen molar-refractivity contribution in [3.05, 3.63) is 63.1 Å². The zero-order valence-corrected chi connectivity index (χ0v) is 21.1. The zero-order chi connectivity index (χ0) is 28.6. The number of carbonyl (C=O) groups is 2. The van der Waals surface area contributed by atoms with Crippen LogP contribution in [0.15, 0.2) is 35.3 Å². The lowest BCUT2D eigenvalue weighted by Gasteiger charge is -2.31. The fourth-order valence-corrected chi connectivity index (χ4v) is 5.41. The number of benzene rings is 1. The molecule has 0 bridgehead atoms. The van der Waals surface area contributed by atoms with Gasteiger partial charge in [-0.25, -0.2) is 9.78 Å². The first kappa shape index (κ1) is 25.9. The summed E-state index contributed by atoms with van der Waals surface area (Å²) in [6.45, 7) is 4.99. The van der Waals surface area contributed by atoms with Crippen molar-refractivity contribution < 1.29 is 42.1 Å². The maximum absolute atomic E-state index is 13.6. The van der Waals surface area contributed by atoms with Crippen LogP contribution in [0, 0.1) is 0 Å². The molecule has 5 heterocycles. The standard InChI is InChI=1S/C27H22F3N3O7/c1-3-26(37)17-7-19-22-15(9-33(19)23(34)16(17)10-38-25(26)36)13(5-4-12(2)31-24(35)27(28,29)30)14-6-20-21(40-11-39-20)8-18(14)32-22/h6-8,37H,2-5,9-11H2,1H3,(H,31,35)/t26-/m0/s1. The number of esters is 1. The number of nitrogens with zero attached hydrogens (tertiary/aromatic N) is 2. The van der Waals surface area contributed by atoms with Gasteiger partial charge in [-0.3, -0.25) is 9.59 Å². The topological polar surface area (TPSA) is 129 Å². The Bertz CT molecular complexity index is 1710. The number of carbonyl (C=O) groups excluding carboxylic acids is 2. The van der Waals surface area contributed by atoms with Crippen molar-refractivity contribution >= 4 is 22.8 Å². The molecule has 3 aromatic rings. The highest BCUT2D eigenvalue weighted by Crippen LogP contribution is 2.43. The fraction of sp³-hybridized carbons (Fsp3) is 0.333. The second-order valence-corrected chi connectivity index (χ2v) is 9.80. The number of fused-ring (bicyclic) bond motifs is 6. The van der Waals surface area contributed by atoms with Crippen LogP contribution in [0.3, 0.4) is 0 Å². The molecular weight excluding hydrogens is 535 g/mol. The molecule has 13 heteroatoms. The predicted molar refractivity (Wildman–Crippen MR) is 132 cm³/mol. The molecule has 3 aliphatic rings. The van der Waals surface area contributed by atoms with Gasteiger partial charge in [0.15, 0.2) is 17.1 Å². The molecule has 0 aliphatic carbocycles. The number of ether oxygens (including phenoxy) is 3. The van der Waals surface area contributed by atoms with Crippen LogP contribution in [0.1, 0.15) is 42.0 Å². The van der Waals surface area contributed by atoms with Gasteiger partial charge < -0.3 is 29.2 Å². The highest BCUT2D eigenvalue weighted by atomic mass is 19.4. The lowest BCUT2D eigenvalue weighted by molar-refractivity contribution is -0.172. The first-order valence-corrected chi connectivity index (χ1v) is 12.4. The number of rotatable bonds is 5. The van der Waals surface area contributed by atoms with Gasteiger partial charge in [0.25, 0.3) is 5.56 Å². The quantitative estimate of drug-likeness (QED) is 0.359.